The second kappa shape index (κ2) is 16.0. The Hall–Kier alpha value is -2.30. The van der Waals surface area contributed by atoms with E-state index in [1.165, 1.54) is 51.2 Å². The quantitative estimate of drug-likeness (QED) is 0.0888. The SMILES string of the molecule is CCCCCCCCOc1ccc(-c2ccc(C(=O)[As](C)c3ccccc3C(F)(F)P(=O)(O)OC(C)CC)cc2)cc1. The maximum atomic E-state index is 15.4. The molecule has 42 heavy (non-hydrogen) atoms. The van der Waals surface area contributed by atoms with Gasteiger partial charge in [-0.05, 0) is 0 Å². The summed E-state index contributed by atoms with van der Waals surface area (Å²) in [5.41, 5.74) is -0.798. The van der Waals surface area contributed by atoms with Crippen molar-refractivity contribution in [3.63, 3.8) is 0 Å². The standard InChI is InChI=1S/C33H42AsF2O5P/c1-5-7-8-9-10-13-24-40-29-22-20-27(21-23-29)26-16-18-28(19-17-26)32(37)34(4)31-15-12-11-14-30(31)33(35,36)42(38,39)41-25(3)6-2/h11-12,14-23,25H,5-10,13,24H2,1-4H3,(H,38,39). The minimum atomic E-state index is -5.35. The van der Waals surface area contributed by atoms with Gasteiger partial charge in [0.1, 0.15) is 0 Å². The molecule has 0 fully saturated rings. The van der Waals surface area contributed by atoms with Crippen LogP contribution >= 0.6 is 7.60 Å². The predicted octanol–water partition coefficient (Wildman–Crippen LogP) is 8.90. The Kier molecular flexibility index (Phi) is 13.0. The number of alkyl halides is 2. The molecule has 0 aliphatic heterocycles. The number of unbranched alkanes of at least 4 members (excludes halogenated alkanes) is 5. The molecule has 0 aliphatic carbocycles. The van der Waals surface area contributed by atoms with E-state index in [1.807, 2.05) is 36.4 Å². The summed E-state index contributed by atoms with van der Waals surface area (Å²) in [6.45, 7) is 6.05. The molecule has 3 rings (SSSR count). The van der Waals surface area contributed by atoms with Crippen LogP contribution in [0, 0.1) is 0 Å². The first kappa shape index (κ1) is 34.2. The van der Waals surface area contributed by atoms with Crippen LogP contribution in [-0.4, -0.2) is 36.8 Å². The number of halogens is 2. The molecule has 0 aromatic heterocycles. The van der Waals surface area contributed by atoms with Crippen molar-refractivity contribution in [3.8, 4) is 16.9 Å². The number of ether oxygens (including phenoxy) is 1. The third-order valence-electron chi connectivity index (χ3n) is 7.23. The zero-order valence-electron chi connectivity index (χ0n) is 24.9. The fourth-order valence-corrected chi connectivity index (χ4v) is 9.39. The third-order valence-corrected chi connectivity index (χ3v) is 13.0. The van der Waals surface area contributed by atoms with Gasteiger partial charge >= 0.3 is 215 Å². The van der Waals surface area contributed by atoms with Gasteiger partial charge in [0.2, 0.25) is 0 Å². The Morgan fingerprint density at radius 2 is 1.48 bits per heavy atom. The van der Waals surface area contributed by atoms with E-state index < -0.39 is 39.6 Å². The maximum absolute atomic E-state index is 15.4. The molecule has 0 saturated heterocycles. The van der Waals surface area contributed by atoms with Gasteiger partial charge in [-0.2, -0.15) is 0 Å². The second-order valence-corrected chi connectivity index (χ2v) is 16.5. The fourth-order valence-electron chi connectivity index (χ4n) is 4.48. The molecule has 0 heterocycles. The van der Waals surface area contributed by atoms with E-state index in [2.05, 4.69) is 6.92 Å². The van der Waals surface area contributed by atoms with Crippen molar-refractivity contribution < 1.29 is 32.3 Å². The van der Waals surface area contributed by atoms with Crippen molar-refractivity contribution in [2.75, 3.05) is 6.61 Å². The van der Waals surface area contributed by atoms with Gasteiger partial charge in [-0.3, -0.25) is 0 Å². The van der Waals surface area contributed by atoms with Crippen LogP contribution in [-0.2, 0) is 14.8 Å². The molecule has 228 valence electrons. The number of carbonyl (C=O) groups excluding carboxylic acids is 1. The molecular formula is C33H42AsF2O5P. The molecule has 5 nitrogen and oxygen atoms in total. The first-order valence-corrected chi connectivity index (χ1v) is 19.9. The Morgan fingerprint density at radius 1 is 0.905 bits per heavy atom. The zero-order valence-corrected chi connectivity index (χ0v) is 27.7. The molecule has 3 aromatic rings. The molecule has 0 radical (unpaired) electrons. The third kappa shape index (κ3) is 8.86. The van der Waals surface area contributed by atoms with Gasteiger partial charge in [0.25, 0.3) is 0 Å². The van der Waals surface area contributed by atoms with Crippen molar-refractivity contribution in [1.29, 1.82) is 0 Å². The van der Waals surface area contributed by atoms with E-state index in [-0.39, 0.29) is 8.92 Å². The van der Waals surface area contributed by atoms with Crippen LogP contribution in [0.5, 0.6) is 5.75 Å². The van der Waals surface area contributed by atoms with Crippen LogP contribution in [0.4, 0.5) is 8.78 Å². The van der Waals surface area contributed by atoms with Crippen LogP contribution in [0.15, 0.2) is 72.8 Å². The number of hydrogen-bond acceptors (Lipinski definition) is 4. The van der Waals surface area contributed by atoms with Gasteiger partial charge in [-0.1, -0.05) is 39.0 Å². The topological polar surface area (TPSA) is 72.8 Å². The number of hydrogen-bond donors (Lipinski definition) is 1. The molecule has 1 N–H and O–H groups in total. The molecule has 3 atom stereocenters. The average molecular weight is 663 g/mol. The van der Waals surface area contributed by atoms with Gasteiger partial charge in [-0.15, -0.1) is 0 Å². The van der Waals surface area contributed by atoms with Crippen LogP contribution < -0.4 is 9.09 Å². The van der Waals surface area contributed by atoms with E-state index >= 15 is 8.78 Å². The number of benzene rings is 3. The fraction of sp³-hybridized carbons (Fsp3) is 0.424. The molecule has 3 aromatic carbocycles. The first-order chi connectivity index (χ1) is 20.0. The van der Waals surface area contributed by atoms with Crippen molar-refractivity contribution in [3.05, 3.63) is 83.9 Å². The molecular weight excluding hydrogens is 620 g/mol. The summed E-state index contributed by atoms with van der Waals surface area (Å²) in [4.78, 5) is 23.6. The zero-order chi connectivity index (χ0) is 30.8. The van der Waals surface area contributed by atoms with Crippen molar-refractivity contribution in [2.24, 2.45) is 0 Å². The van der Waals surface area contributed by atoms with E-state index in [0.717, 1.165) is 29.4 Å². The van der Waals surface area contributed by atoms with Crippen LogP contribution in [0.25, 0.3) is 11.1 Å². The van der Waals surface area contributed by atoms with Crippen LogP contribution in [0.2, 0.25) is 5.71 Å². The van der Waals surface area contributed by atoms with Gasteiger partial charge < -0.3 is 0 Å². The number of carbonyl (C=O) groups is 1. The van der Waals surface area contributed by atoms with Crippen molar-refractivity contribution >= 4 is 31.2 Å². The Labute approximate surface area is 253 Å². The summed E-state index contributed by atoms with van der Waals surface area (Å²) in [5, 5.41) is 0. The Bertz CT molecular complexity index is 1330. The number of rotatable bonds is 17. The van der Waals surface area contributed by atoms with E-state index in [0.29, 0.717) is 18.6 Å². The molecule has 3 unspecified atom stereocenters. The monoisotopic (exact) mass is 662 g/mol. The second-order valence-electron chi connectivity index (χ2n) is 10.5. The molecule has 0 bridgehead atoms. The van der Waals surface area contributed by atoms with Gasteiger partial charge in [0.15, 0.2) is 0 Å². The van der Waals surface area contributed by atoms with Crippen LogP contribution in [0.1, 0.15) is 81.6 Å². The average Bonchev–Trinajstić information content (AvgIpc) is 3.00. The molecule has 0 saturated carbocycles. The summed E-state index contributed by atoms with van der Waals surface area (Å²) in [6, 6.07) is 20.4. The van der Waals surface area contributed by atoms with Gasteiger partial charge in [0, 0.05) is 0 Å². The normalized spacial score (nSPS) is 14.6. The summed E-state index contributed by atoms with van der Waals surface area (Å²) in [7, 11) is -5.35. The summed E-state index contributed by atoms with van der Waals surface area (Å²) in [6.07, 6.45) is 6.75. The molecule has 0 amide bonds. The van der Waals surface area contributed by atoms with E-state index in [1.54, 1.807) is 30.8 Å². The van der Waals surface area contributed by atoms with Crippen molar-refractivity contribution in [2.45, 2.75) is 83.2 Å². The summed E-state index contributed by atoms with van der Waals surface area (Å²) >= 11 is -2.76. The Balaban J connectivity index is 1.68. The van der Waals surface area contributed by atoms with Gasteiger partial charge in [-0.25, -0.2) is 0 Å². The predicted molar refractivity (Wildman–Crippen MR) is 167 cm³/mol. The molecule has 9 heteroatoms. The molecule has 0 spiro atoms. The van der Waals surface area contributed by atoms with Crippen molar-refractivity contribution in [1.82, 2.24) is 0 Å². The van der Waals surface area contributed by atoms with E-state index in [4.69, 9.17) is 9.26 Å². The van der Waals surface area contributed by atoms with Gasteiger partial charge in [0.05, 0.1) is 0 Å². The van der Waals surface area contributed by atoms with E-state index in [9.17, 15) is 14.3 Å². The summed E-state index contributed by atoms with van der Waals surface area (Å²) in [5.74, 6) is 0.816. The first-order valence-electron chi connectivity index (χ1n) is 14.6. The Morgan fingerprint density at radius 3 is 2.10 bits per heavy atom. The van der Waals surface area contributed by atoms with Crippen LogP contribution in [0.3, 0.4) is 0 Å². The summed E-state index contributed by atoms with van der Waals surface area (Å²) < 4.78 is 54.1. The molecule has 0 aliphatic rings. The minimum absolute atomic E-state index is 0.127.